The summed E-state index contributed by atoms with van der Waals surface area (Å²) in [4.78, 5) is 10.4. The minimum atomic E-state index is -0.377. The molecule has 0 spiro atoms. The van der Waals surface area contributed by atoms with Crippen molar-refractivity contribution >= 4 is 11.4 Å². The van der Waals surface area contributed by atoms with Gasteiger partial charge in [0.05, 0.1) is 23.8 Å². The van der Waals surface area contributed by atoms with Crippen LogP contribution >= 0.6 is 0 Å². The van der Waals surface area contributed by atoms with Crippen molar-refractivity contribution in [2.24, 2.45) is 11.0 Å². The number of ether oxygens (including phenoxy) is 1. The molecule has 0 aromatic heterocycles. The number of non-ortho nitro benzene ring substituents is 1. The summed E-state index contributed by atoms with van der Waals surface area (Å²) >= 11 is 0. The molecule has 1 N–H and O–H groups in total. The first-order chi connectivity index (χ1) is 11.7. The van der Waals surface area contributed by atoms with Crippen molar-refractivity contribution in [3.63, 3.8) is 0 Å². The highest BCUT2D eigenvalue weighted by Gasteiger charge is 2.37. The van der Waals surface area contributed by atoms with Crippen molar-refractivity contribution in [1.29, 1.82) is 0 Å². The maximum absolute atomic E-state index is 10.8. The fraction of sp³-hybridized carbons (Fsp3) is 0.278. The summed E-state index contributed by atoms with van der Waals surface area (Å²) in [6.07, 6.45) is 1.97. The van der Waals surface area contributed by atoms with E-state index in [1.807, 2.05) is 18.2 Å². The van der Waals surface area contributed by atoms with Gasteiger partial charge in [-0.1, -0.05) is 12.1 Å². The van der Waals surface area contributed by atoms with Gasteiger partial charge in [-0.3, -0.25) is 10.1 Å². The van der Waals surface area contributed by atoms with E-state index in [-0.39, 0.29) is 22.6 Å². The van der Waals surface area contributed by atoms with Crippen LogP contribution in [0.3, 0.4) is 0 Å². The summed E-state index contributed by atoms with van der Waals surface area (Å²) in [5, 5.41) is 15.4. The summed E-state index contributed by atoms with van der Waals surface area (Å²) < 4.78 is 5.30. The molecule has 0 saturated carbocycles. The van der Waals surface area contributed by atoms with Crippen molar-refractivity contribution in [3.05, 3.63) is 69.3 Å². The third kappa shape index (κ3) is 2.31. The molecule has 0 bridgehead atoms. The van der Waals surface area contributed by atoms with Gasteiger partial charge in [0.15, 0.2) is 0 Å². The summed E-state index contributed by atoms with van der Waals surface area (Å²) in [5.41, 5.74) is 7.86. The van der Waals surface area contributed by atoms with E-state index in [0.717, 1.165) is 29.9 Å². The zero-order valence-electron chi connectivity index (χ0n) is 13.2. The molecular weight excluding hydrogens is 306 g/mol. The number of rotatable bonds is 3. The van der Waals surface area contributed by atoms with Crippen LogP contribution in [0.4, 0.5) is 5.69 Å². The average Bonchev–Trinajstić information content (AvgIpc) is 3.05. The molecule has 0 fully saturated rings. The molecule has 24 heavy (non-hydrogen) atoms. The van der Waals surface area contributed by atoms with Crippen LogP contribution in [0, 0.1) is 16.0 Å². The van der Waals surface area contributed by atoms with Gasteiger partial charge in [-0.15, -0.1) is 0 Å². The van der Waals surface area contributed by atoms with E-state index in [0.29, 0.717) is 0 Å². The lowest BCUT2D eigenvalue weighted by atomic mass is 9.77. The molecule has 0 saturated heterocycles. The van der Waals surface area contributed by atoms with Gasteiger partial charge in [0.25, 0.3) is 5.69 Å². The monoisotopic (exact) mass is 323 g/mol. The normalized spacial score (nSPS) is 21.3. The molecule has 2 unspecified atom stereocenters. The molecule has 122 valence electrons. The van der Waals surface area contributed by atoms with E-state index in [9.17, 15) is 10.1 Å². The summed E-state index contributed by atoms with van der Waals surface area (Å²) in [6.45, 7) is 0. The van der Waals surface area contributed by atoms with Gasteiger partial charge in [0.2, 0.25) is 0 Å². The second-order valence-electron chi connectivity index (χ2n) is 6.12. The van der Waals surface area contributed by atoms with Crippen LogP contribution in [0.15, 0.2) is 47.6 Å². The number of hydrogen-bond donors (Lipinski definition) is 1. The zero-order valence-corrected chi connectivity index (χ0v) is 13.2. The lowest BCUT2D eigenvalue weighted by Crippen LogP contribution is -2.26. The number of nitro groups is 1. The average molecular weight is 323 g/mol. The largest absolute Gasteiger partial charge is 0.497 e. The number of hydrazone groups is 1. The number of nitro benzene ring substituents is 1. The zero-order chi connectivity index (χ0) is 16.7. The topological polar surface area (TPSA) is 76.8 Å². The number of nitrogens with one attached hydrogen (secondary N) is 1. The van der Waals surface area contributed by atoms with Crippen LogP contribution in [0.2, 0.25) is 0 Å². The molecule has 2 aromatic carbocycles. The van der Waals surface area contributed by atoms with Crippen LogP contribution < -0.4 is 10.2 Å². The Balaban J connectivity index is 1.62. The molecule has 1 heterocycles. The van der Waals surface area contributed by atoms with Gasteiger partial charge in [0, 0.05) is 23.6 Å². The van der Waals surface area contributed by atoms with Crippen molar-refractivity contribution in [3.8, 4) is 5.75 Å². The summed E-state index contributed by atoms with van der Waals surface area (Å²) in [5.74, 6) is 1.15. The van der Waals surface area contributed by atoms with E-state index < -0.39 is 0 Å². The number of aryl methyl sites for hydroxylation is 1. The van der Waals surface area contributed by atoms with Gasteiger partial charge in [-0.25, -0.2) is 0 Å². The highest BCUT2D eigenvalue weighted by atomic mass is 16.6. The number of fused-ring (bicyclic) bond motifs is 3. The Morgan fingerprint density at radius 1 is 1.25 bits per heavy atom. The van der Waals surface area contributed by atoms with Crippen molar-refractivity contribution in [2.45, 2.75) is 18.9 Å². The molecule has 6 nitrogen and oxygen atoms in total. The van der Waals surface area contributed by atoms with Crippen LogP contribution in [0.1, 0.15) is 29.2 Å². The van der Waals surface area contributed by atoms with Crippen molar-refractivity contribution in [1.82, 2.24) is 5.43 Å². The standard InChI is InChI=1S/C18H17N3O3/c1-24-14-7-9-15-12(10-14)4-8-16-17(19-20-18(15)16)11-2-5-13(6-3-11)21(22)23/h2-3,5-7,9-10,16-17,19H,4,8H2,1H3. The first-order valence-electron chi connectivity index (χ1n) is 7.92. The first kappa shape index (κ1) is 14.7. The Morgan fingerprint density at radius 2 is 2.04 bits per heavy atom. The second kappa shape index (κ2) is 5.63. The molecule has 0 amide bonds. The van der Waals surface area contributed by atoms with Crippen molar-refractivity contribution < 1.29 is 9.66 Å². The van der Waals surface area contributed by atoms with Crippen LogP contribution in [0.5, 0.6) is 5.75 Å². The van der Waals surface area contributed by atoms with E-state index in [1.165, 1.54) is 11.1 Å². The van der Waals surface area contributed by atoms with E-state index >= 15 is 0 Å². The lowest BCUT2D eigenvalue weighted by Gasteiger charge is -2.26. The molecule has 2 atom stereocenters. The molecular formula is C18H17N3O3. The summed E-state index contributed by atoms with van der Waals surface area (Å²) in [7, 11) is 1.67. The SMILES string of the molecule is COc1ccc2c(c1)CCC1C2=NNC1c1ccc([N+](=O)[O-])cc1. The van der Waals surface area contributed by atoms with Gasteiger partial charge < -0.3 is 10.2 Å². The van der Waals surface area contributed by atoms with Crippen LogP contribution in [-0.4, -0.2) is 17.7 Å². The maximum atomic E-state index is 10.8. The predicted octanol–water partition coefficient (Wildman–Crippen LogP) is 3.21. The molecule has 2 aromatic rings. The van der Waals surface area contributed by atoms with Crippen LogP contribution in [-0.2, 0) is 6.42 Å². The number of methoxy groups -OCH3 is 1. The van der Waals surface area contributed by atoms with E-state index in [4.69, 9.17) is 4.74 Å². The number of benzene rings is 2. The van der Waals surface area contributed by atoms with Crippen LogP contribution in [0.25, 0.3) is 0 Å². The quantitative estimate of drug-likeness (QED) is 0.695. The molecule has 1 aliphatic carbocycles. The van der Waals surface area contributed by atoms with Gasteiger partial charge in [-0.2, -0.15) is 5.10 Å². The Labute approximate surface area is 139 Å². The third-order valence-electron chi connectivity index (χ3n) is 4.85. The minimum Gasteiger partial charge on any atom is -0.497 e. The van der Waals surface area contributed by atoms with E-state index in [2.05, 4.69) is 22.7 Å². The summed E-state index contributed by atoms with van der Waals surface area (Å²) in [6, 6.07) is 12.9. The third-order valence-corrected chi connectivity index (χ3v) is 4.85. The molecule has 4 rings (SSSR count). The van der Waals surface area contributed by atoms with Crippen molar-refractivity contribution in [2.75, 3.05) is 7.11 Å². The Kier molecular flexibility index (Phi) is 3.45. The smallest absolute Gasteiger partial charge is 0.269 e. The fourth-order valence-corrected chi connectivity index (χ4v) is 3.61. The highest BCUT2D eigenvalue weighted by molar-refractivity contribution is 6.05. The minimum absolute atomic E-state index is 0.0658. The van der Waals surface area contributed by atoms with E-state index in [1.54, 1.807) is 19.2 Å². The Bertz CT molecular complexity index is 830. The maximum Gasteiger partial charge on any atom is 0.269 e. The predicted molar refractivity (Wildman–Crippen MR) is 90.3 cm³/mol. The molecule has 0 radical (unpaired) electrons. The van der Waals surface area contributed by atoms with Gasteiger partial charge in [0.1, 0.15) is 5.75 Å². The molecule has 1 aliphatic heterocycles. The molecule has 6 heteroatoms. The van der Waals surface area contributed by atoms with Gasteiger partial charge >= 0.3 is 0 Å². The Hall–Kier alpha value is -2.89. The number of nitrogens with zero attached hydrogens (tertiary/aromatic N) is 2. The molecule has 2 aliphatic rings. The highest BCUT2D eigenvalue weighted by Crippen LogP contribution is 2.39. The second-order valence-corrected chi connectivity index (χ2v) is 6.12. The number of hydrogen-bond acceptors (Lipinski definition) is 5. The first-order valence-corrected chi connectivity index (χ1v) is 7.92. The lowest BCUT2D eigenvalue weighted by molar-refractivity contribution is -0.384. The fourth-order valence-electron chi connectivity index (χ4n) is 3.61. The van der Waals surface area contributed by atoms with Gasteiger partial charge in [-0.05, 0) is 42.2 Å². The Morgan fingerprint density at radius 3 is 2.75 bits per heavy atom.